The maximum atomic E-state index is 13.1. The summed E-state index contributed by atoms with van der Waals surface area (Å²) >= 11 is 0. The van der Waals surface area contributed by atoms with E-state index < -0.39 is 5.92 Å². The Hall–Kier alpha value is -3.26. The third-order valence-electron chi connectivity index (χ3n) is 6.37. The Morgan fingerprint density at radius 3 is 2.41 bits per heavy atom. The summed E-state index contributed by atoms with van der Waals surface area (Å²) < 4.78 is 16.1. The van der Waals surface area contributed by atoms with Crippen LogP contribution in [0.3, 0.4) is 0 Å². The molecule has 2 amide bonds. The van der Waals surface area contributed by atoms with Crippen molar-refractivity contribution < 1.29 is 23.8 Å². The Kier molecular flexibility index (Phi) is 8.76. The normalized spacial score (nSPS) is 16.5. The van der Waals surface area contributed by atoms with E-state index in [0.29, 0.717) is 30.3 Å². The topological polar surface area (TPSA) is 80.3 Å². The number of likely N-dealkylation sites (N-methyl/N-ethyl adjacent to an activating group) is 1. The maximum absolute atomic E-state index is 13.1. The number of hydrogen-bond acceptors (Lipinski definition) is 6. The van der Waals surface area contributed by atoms with Crippen molar-refractivity contribution in [2.75, 3.05) is 52.4 Å². The zero-order valence-corrected chi connectivity index (χ0v) is 20.7. The summed E-state index contributed by atoms with van der Waals surface area (Å²) in [6.07, 6.45) is 0.154. The molecule has 0 aliphatic carbocycles. The molecule has 184 valence electrons. The third-order valence-corrected chi connectivity index (χ3v) is 6.37. The Bertz CT molecular complexity index is 992. The van der Waals surface area contributed by atoms with E-state index in [-0.39, 0.29) is 24.3 Å². The molecular weight excluding hydrogens is 434 g/mol. The fourth-order valence-corrected chi connectivity index (χ4v) is 4.44. The highest BCUT2D eigenvalue weighted by molar-refractivity contribution is 6.01. The number of amides is 2. The summed E-state index contributed by atoms with van der Waals surface area (Å²) in [5, 5.41) is 3.10. The predicted molar refractivity (Wildman–Crippen MR) is 132 cm³/mol. The molecule has 8 nitrogen and oxygen atoms in total. The summed E-state index contributed by atoms with van der Waals surface area (Å²) in [5.74, 6) is 1.29. The lowest BCUT2D eigenvalue weighted by atomic mass is 10.0. The van der Waals surface area contributed by atoms with Crippen LogP contribution < -0.4 is 24.4 Å². The molecule has 2 aromatic carbocycles. The second kappa shape index (κ2) is 11.7. The zero-order chi connectivity index (χ0) is 24.7. The van der Waals surface area contributed by atoms with Gasteiger partial charge in [-0.3, -0.25) is 14.5 Å². The average molecular weight is 470 g/mol. The summed E-state index contributed by atoms with van der Waals surface area (Å²) in [7, 11) is 4.78. The van der Waals surface area contributed by atoms with Gasteiger partial charge in [0.1, 0.15) is 17.2 Å². The molecule has 1 aliphatic heterocycles. The highest BCUT2D eigenvalue weighted by atomic mass is 16.5. The number of nitrogens with zero attached hydrogens (tertiary/aromatic N) is 2. The minimum atomic E-state index is -0.439. The fraction of sp³-hybridized carbons (Fsp3) is 0.462. The van der Waals surface area contributed by atoms with Crippen LogP contribution in [0.15, 0.2) is 42.5 Å². The smallest absolute Gasteiger partial charge is 0.227 e. The highest BCUT2D eigenvalue weighted by Gasteiger charge is 2.36. The first kappa shape index (κ1) is 25.4. The Balaban J connectivity index is 1.73. The van der Waals surface area contributed by atoms with Crippen molar-refractivity contribution in [3.8, 4) is 17.2 Å². The number of ether oxygens (including phenoxy) is 3. The van der Waals surface area contributed by atoms with E-state index in [1.54, 1.807) is 44.4 Å². The molecule has 1 heterocycles. The van der Waals surface area contributed by atoms with Crippen LogP contribution in [0, 0.1) is 5.92 Å². The SMILES string of the molecule is CCN(CC)C(CNC(=O)C1CC(=O)N(c2cc(OC)ccc2OC)C1)c1cccc(OC)c1. The van der Waals surface area contributed by atoms with Gasteiger partial charge in [-0.1, -0.05) is 26.0 Å². The van der Waals surface area contributed by atoms with Gasteiger partial charge in [0.2, 0.25) is 11.8 Å². The van der Waals surface area contributed by atoms with Crippen LogP contribution in [0.5, 0.6) is 17.2 Å². The minimum Gasteiger partial charge on any atom is -0.497 e. The average Bonchev–Trinajstić information content (AvgIpc) is 3.27. The second-order valence-electron chi connectivity index (χ2n) is 8.20. The van der Waals surface area contributed by atoms with E-state index >= 15 is 0 Å². The molecule has 34 heavy (non-hydrogen) atoms. The summed E-state index contributed by atoms with van der Waals surface area (Å²) in [6, 6.07) is 13.2. The highest BCUT2D eigenvalue weighted by Crippen LogP contribution is 2.36. The van der Waals surface area contributed by atoms with Crippen LogP contribution in [0.2, 0.25) is 0 Å². The Labute approximate surface area is 201 Å². The number of carbonyl (C=O) groups is 2. The van der Waals surface area contributed by atoms with E-state index in [1.807, 2.05) is 24.3 Å². The quantitative estimate of drug-likeness (QED) is 0.544. The van der Waals surface area contributed by atoms with Crippen molar-refractivity contribution in [3.63, 3.8) is 0 Å². The molecule has 0 spiro atoms. The number of methoxy groups -OCH3 is 3. The van der Waals surface area contributed by atoms with Crippen LogP contribution in [-0.4, -0.2) is 64.2 Å². The van der Waals surface area contributed by atoms with Crippen LogP contribution >= 0.6 is 0 Å². The molecule has 1 fully saturated rings. The molecule has 1 aliphatic rings. The standard InChI is InChI=1S/C26H35N3O5/c1-6-28(7-2)23(18-9-8-10-20(13-18)32-3)16-27-26(31)19-14-25(30)29(17-19)22-15-21(33-4)11-12-24(22)34-5/h8-13,15,19,23H,6-7,14,16-17H2,1-5H3,(H,27,31). The van der Waals surface area contributed by atoms with E-state index in [9.17, 15) is 9.59 Å². The van der Waals surface area contributed by atoms with Crippen LogP contribution in [0.25, 0.3) is 0 Å². The molecule has 2 unspecified atom stereocenters. The molecule has 1 N–H and O–H groups in total. The van der Waals surface area contributed by atoms with Gasteiger partial charge >= 0.3 is 0 Å². The lowest BCUT2D eigenvalue weighted by Gasteiger charge is -2.31. The maximum Gasteiger partial charge on any atom is 0.227 e. The van der Waals surface area contributed by atoms with Gasteiger partial charge in [0.25, 0.3) is 0 Å². The van der Waals surface area contributed by atoms with Crippen molar-refractivity contribution >= 4 is 17.5 Å². The van der Waals surface area contributed by atoms with E-state index in [0.717, 1.165) is 24.4 Å². The van der Waals surface area contributed by atoms with Crippen molar-refractivity contribution in [1.82, 2.24) is 10.2 Å². The summed E-state index contributed by atoms with van der Waals surface area (Å²) in [6.45, 7) is 6.64. The van der Waals surface area contributed by atoms with Gasteiger partial charge in [0, 0.05) is 25.6 Å². The van der Waals surface area contributed by atoms with Gasteiger partial charge in [-0.25, -0.2) is 0 Å². The number of benzene rings is 2. The number of carbonyl (C=O) groups excluding carboxylic acids is 2. The van der Waals surface area contributed by atoms with Crippen LogP contribution in [0.1, 0.15) is 31.9 Å². The molecule has 2 aromatic rings. The van der Waals surface area contributed by atoms with Crippen LogP contribution in [-0.2, 0) is 9.59 Å². The summed E-state index contributed by atoms with van der Waals surface area (Å²) in [4.78, 5) is 29.8. The first-order valence-corrected chi connectivity index (χ1v) is 11.6. The molecule has 2 atom stereocenters. The van der Waals surface area contributed by atoms with Gasteiger partial charge in [-0.15, -0.1) is 0 Å². The molecule has 8 heteroatoms. The van der Waals surface area contributed by atoms with Gasteiger partial charge in [0.15, 0.2) is 0 Å². The van der Waals surface area contributed by atoms with E-state index in [4.69, 9.17) is 14.2 Å². The number of nitrogens with one attached hydrogen (secondary N) is 1. The van der Waals surface area contributed by atoms with Gasteiger partial charge in [-0.05, 0) is 42.9 Å². The molecular formula is C26H35N3O5. The fourth-order valence-electron chi connectivity index (χ4n) is 4.44. The molecule has 0 bridgehead atoms. The van der Waals surface area contributed by atoms with Crippen LogP contribution in [0.4, 0.5) is 5.69 Å². The molecule has 3 rings (SSSR count). The third kappa shape index (κ3) is 5.62. The number of hydrogen-bond donors (Lipinski definition) is 1. The second-order valence-corrected chi connectivity index (χ2v) is 8.20. The first-order chi connectivity index (χ1) is 16.4. The van der Waals surface area contributed by atoms with E-state index in [1.165, 1.54) is 0 Å². The zero-order valence-electron chi connectivity index (χ0n) is 20.7. The minimum absolute atomic E-state index is 0.000682. The first-order valence-electron chi connectivity index (χ1n) is 11.6. The monoisotopic (exact) mass is 469 g/mol. The predicted octanol–water partition coefficient (Wildman–Crippen LogP) is 3.26. The van der Waals surface area contributed by atoms with Gasteiger partial charge < -0.3 is 24.4 Å². The Morgan fingerprint density at radius 2 is 1.76 bits per heavy atom. The molecule has 0 aromatic heterocycles. The van der Waals surface area contributed by atoms with Gasteiger partial charge in [0.05, 0.1) is 39.0 Å². The van der Waals surface area contributed by atoms with Gasteiger partial charge in [-0.2, -0.15) is 0 Å². The van der Waals surface area contributed by atoms with Crippen molar-refractivity contribution in [2.45, 2.75) is 26.3 Å². The summed E-state index contributed by atoms with van der Waals surface area (Å²) in [5.41, 5.74) is 1.69. The Morgan fingerprint density at radius 1 is 1.06 bits per heavy atom. The lowest BCUT2D eigenvalue weighted by molar-refractivity contribution is -0.126. The lowest BCUT2D eigenvalue weighted by Crippen LogP contribution is -2.40. The molecule has 0 saturated carbocycles. The number of anilines is 1. The largest absolute Gasteiger partial charge is 0.497 e. The number of rotatable bonds is 11. The van der Waals surface area contributed by atoms with Crippen molar-refractivity contribution in [1.29, 1.82) is 0 Å². The van der Waals surface area contributed by atoms with Crippen molar-refractivity contribution in [2.24, 2.45) is 5.92 Å². The molecule has 0 radical (unpaired) electrons. The van der Waals surface area contributed by atoms with E-state index in [2.05, 4.69) is 24.1 Å². The molecule has 1 saturated heterocycles. The van der Waals surface area contributed by atoms with Crippen molar-refractivity contribution in [3.05, 3.63) is 48.0 Å².